The molecule has 1 unspecified atom stereocenters. The molecule has 0 saturated heterocycles. The third-order valence-corrected chi connectivity index (χ3v) is 4.93. The maximum Gasteiger partial charge on any atom is 0.338 e. The van der Waals surface area contributed by atoms with Crippen LogP contribution in [0.3, 0.4) is 0 Å². The molecule has 1 N–H and O–H groups in total. The maximum atomic E-state index is 12.9. The number of carbonyl (C=O) groups excluding carboxylic acids is 3. The Morgan fingerprint density at radius 1 is 1.15 bits per heavy atom. The summed E-state index contributed by atoms with van der Waals surface area (Å²) < 4.78 is 11.0. The van der Waals surface area contributed by atoms with Crippen molar-refractivity contribution in [2.75, 3.05) is 6.54 Å². The zero-order chi connectivity index (χ0) is 24.3. The number of hydrogen-bond donors (Lipinski definition) is 1. The smallest absolute Gasteiger partial charge is 0.338 e. The van der Waals surface area contributed by atoms with E-state index in [2.05, 4.69) is 0 Å². The van der Waals surface area contributed by atoms with Crippen LogP contribution < -0.4 is 0 Å². The number of nitriles is 1. The average Bonchev–Trinajstić information content (AvgIpc) is 3.23. The van der Waals surface area contributed by atoms with Crippen molar-refractivity contribution in [2.24, 2.45) is 0 Å². The predicted molar refractivity (Wildman–Crippen MR) is 119 cm³/mol. The van der Waals surface area contributed by atoms with Gasteiger partial charge in [-0.3, -0.25) is 14.5 Å². The van der Waals surface area contributed by atoms with Crippen LogP contribution in [0.1, 0.15) is 43.8 Å². The fourth-order valence-electron chi connectivity index (χ4n) is 3.34. The molecule has 170 valence electrons. The number of carbonyl (C=O) groups is 3. The SMILES string of the molecule is CC1=C(C#N)C(=O)N(CC(C)O)C(=O)/C1=C/c1ccc(-c2ccc(C(=O)OC(C)C)cc2)o1. The van der Waals surface area contributed by atoms with Crippen molar-refractivity contribution in [3.8, 4) is 17.4 Å². The van der Waals surface area contributed by atoms with Crippen molar-refractivity contribution < 1.29 is 28.6 Å². The number of esters is 1. The molecule has 2 heterocycles. The number of imide groups is 1. The van der Waals surface area contributed by atoms with Gasteiger partial charge in [0.25, 0.3) is 11.8 Å². The molecule has 1 aliphatic rings. The van der Waals surface area contributed by atoms with Crippen molar-refractivity contribution >= 4 is 23.9 Å². The third kappa shape index (κ3) is 5.10. The van der Waals surface area contributed by atoms with E-state index >= 15 is 0 Å². The van der Waals surface area contributed by atoms with E-state index in [4.69, 9.17) is 9.15 Å². The highest BCUT2D eigenvalue weighted by Crippen LogP contribution is 2.29. The van der Waals surface area contributed by atoms with Crippen molar-refractivity contribution in [2.45, 2.75) is 39.9 Å². The lowest BCUT2D eigenvalue weighted by molar-refractivity contribution is -0.141. The second-order valence-electron chi connectivity index (χ2n) is 7.97. The lowest BCUT2D eigenvalue weighted by Crippen LogP contribution is -2.45. The monoisotopic (exact) mass is 448 g/mol. The normalized spacial score (nSPS) is 16.4. The molecule has 0 spiro atoms. The largest absolute Gasteiger partial charge is 0.459 e. The van der Waals surface area contributed by atoms with Gasteiger partial charge in [0.1, 0.15) is 23.2 Å². The predicted octanol–water partition coefficient (Wildman–Crippen LogP) is 3.48. The quantitative estimate of drug-likeness (QED) is 0.408. The summed E-state index contributed by atoms with van der Waals surface area (Å²) in [5, 5.41) is 19.1. The Labute approximate surface area is 191 Å². The number of ether oxygens (including phenoxy) is 1. The number of aliphatic hydroxyl groups excluding tert-OH is 1. The first-order valence-corrected chi connectivity index (χ1v) is 10.4. The topological polar surface area (TPSA) is 121 Å². The van der Waals surface area contributed by atoms with Gasteiger partial charge in [-0.2, -0.15) is 5.26 Å². The molecular formula is C25H24N2O6. The molecule has 33 heavy (non-hydrogen) atoms. The average molecular weight is 448 g/mol. The molecule has 0 radical (unpaired) electrons. The second kappa shape index (κ2) is 9.67. The van der Waals surface area contributed by atoms with Crippen LogP contribution in [-0.4, -0.2) is 46.5 Å². The van der Waals surface area contributed by atoms with Gasteiger partial charge >= 0.3 is 5.97 Å². The Bertz CT molecular complexity index is 1190. The summed E-state index contributed by atoms with van der Waals surface area (Å²) in [6.45, 7) is 6.31. The zero-order valence-electron chi connectivity index (χ0n) is 18.8. The maximum absolute atomic E-state index is 12.9. The summed E-state index contributed by atoms with van der Waals surface area (Å²) in [6, 6.07) is 11.9. The Balaban J connectivity index is 1.91. The highest BCUT2D eigenvalue weighted by Gasteiger charge is 2.36. The second-order valence-corrected chi connectivity index (χ2v) is 7.97. The molecule has 0 bridgehead atoms. The number of aliphatic hydroxyl groups is 1. The van der Waals surface area contributed by atoms with E-state index < -0.39 is 23.9 Å². The number of nitrogens with zero attached hydrogens (tertiary/aromatic N) is 2. The van der Waals surface area contributed by atoms with Gasteiger partial charge in [-0.15, -0.1) is 0 Å². The summed E-state index contributed by atoms with van der Waals surface area (Å²) in [5.41, 5.74) is 1.37. The van der Waals surface area contributed by atoms with Crippen LogP contribution in [0.15, 0.2) is 57.5 Å². The summed E-state index contributed by atoms with van der Waals surface area (Å²) in [4.78, 5) is 38.2. The standard InChI is InChI=1S/C25H24N2O6/c1-14(2)32-25(31)18-7-5-17(6-8-18)22-10-9-19(33-22)11-20-16(4)21(12-26)24(30)27(23(20)29)13-15(3)28/h5-11,14-15,28H,13H2,1-4H3/b20-11+. The van der Waals surface area contributed by atoms with Gasteiger partial charge in [0.2, 0.25) is 0 Å². The van der Waals surface area contributed by atoms with E-state index in [1.54, 1.807) is 50.2 Å². The Morgan fingerprint density at radius 2 is 1.82 bits per heavy atom. The van der Waals surface area contributed by atoms with E-state index in [9.17, 15) is 24.8 Å². The number of benzene rings is 1. The minimum absolute atomic E-state index is 0.138. The first-order valence-electron chi connectivity index (χ1n) is 10.4. The fourth-order valence-corrected chi connectivity index (χ4v) is 3.34. The highest BCUT2D eigenvalue weighted by molar-refractivity contribution is 6.19. The molecule has 1 aromatic heterocycles. The van der Waals surface area contributed by atoms with E-state index in [-0.39, 0.29) is 29.4 Å². The highest BCUT2D eigenvalue weighted by atomic mass is 16.5. The van der Waals surface area contributed by atoms with E-state index in [1.807, 2.05) is 6.07 Å². The molecule has 0 aliphatic carbocycles. The molecule has 2 amide bonds. The summed E-state index contributed by atoms with van der Waals surface area (Å²) in [6.07, 6.45) is 0.314. The van der Waals surface area contributed by atoms with Crippen LogP contribution in [0.25, 0.3) is 17.4 Å². The van der Waals surface area contributed by atoms with Crippen LogP contribution in [0.4, 0.5) is 0 Å². The number of amides is 2. The van der Waals surface area contributed by atoms with Crippen molar-refractivity contribution in [3.05, 3.63) is 64.4 Å². The van der Waals surface area contributed by atoms with Gasteiger partial charge in [-0.1, -0.05) is 12.1 Å². The summed E-state index contributed by atoms with van der Waals surface area (Å²) in [5.74, 6) is -0.894. The first-order chi connectivity index (χ1) is 15.6. The van der Waals surface area contributed by atoms with Gasteiger partial charge < -0.3 is 14.3 Å². The van der Waals surface area contributed by atoms with Crippen molar-refractivity contribution in [3.63, 3.8) is 0 Å². The molecule has 0 saturated carbocycles. The molecule has 8 heteroatoms. The molecule has 0 fully saturated rings. The number of rotatable bonds is 6. The lowest BCUT2D eigenvalue weighted by Gasteiger charge is -2.28. The minimum Gasteiger partial charge on any atom is -0.459 e. The van der Waals surface area contributed by atoms with E-state index in [1.165, 1.54) is 19.9 Å². The van der Waals surface area contributed by atoms with Gasteiger partial charge in [-0.25, -0.2) is 4.79 Å². The molecular weight excluding hydrogens is 424 g/mol. The van der Waals surface area contributed by atoms with Crippen LogP contribution in [0.2, 0.25) is 0 Å². The van der Waals surface area contributed by atoms with Gasteiger partial charge in [-0.05, 0) is 63.6 Å². The van der Waals surface area contributed by atoms with Crippen LogP contribution >= 0.6 is 0 Å². The molecule has 1 atom stereocenters. The number of hydrogen-bond acceptors (Lipinski definition) is 7. The Kier molecular flexibility index (Phi) is 6.95. The summed E-state index contributed by atoms with van der Waals surface area (Å²) >= 11 is 0. The van der Waals surface area contributed by atoms with Crippen molar-refractivity contribution in [1.82, 2.24) is 4.90 Å². The fraction of sp³-hybridized carbons (Fsp3) is 0.280. The Hall–Kier alpha value is -3.96. The van der Waals surface area contributed by atoms with E-state index in [0.717, 1.165) is 4.90 Å². The Morgan fingerprint density at radius 3 is 2.39 bits per heavy atom. The minimum atomic E-state index is -0.937. The summed E-state index contributed by atoms with van der Waals surface area (Å²) in [7, 11) is 0. The van der Waals surface area contributed by atoms with Crippen LogP contribution in [0.5, 0.6) is 0 Å². The molecule has 1 aromatic carbocycles. The van der Waals surface area contributed by atoms with Crippen molar-refractivity contribution in [1.29, 1.82) is 5.26 Å². The molecule has 8 nitrogen and oxygen atoms in total. The molecule has 1 aliphatic heterocycles. The van der Waals surface area contributed by atoms with E-state index in [0.29, 0.717) is 22.6 Å². The van der Waals surface area contributed by atoms with Gasteiger partial charge in [0.15, 0.2) is 0 Å². The van der Waals surface area contributed by atoms with Crippen LogP contribution in [-0.2, 0) is 14.3 Å². The zero-order valence-corrected chi connectivity index (χ0v) is 18.8. The first kappa shape index (κ1) is 23.7. The molecule has 3 rings (SSSR count). The van der Waals surface area contributed by atoms with Crippen LogP contribution in [0, 0.1) is 11.3 Å². The lowest BCUT2D eigenvalue weighted by atomic mass is 9.94. The molecule has 2 aromatic rings. The number of furan rings is 1. The van der Waals surface area contributed by atoms with Gasteiger partial charge in [0.05, 0.1) is 24.3 Å². The van der Waals surface area contributed by atoms with Gasteiger partial charge in [0, 0.05) is 11.1 Å². The third-order valence-electron chi connectivity index (χ3n) is 4.93. The number of β-amino-alcohol motifs (C(OH)–C–C–N with tert-alkyl or cyclic N) is 1.